The van der Waals surface area contributed by atoms with Crippen molar-refractivity contribution in [3.05, 3.63) is 52.3 Å². The molecule has 0 bridgehead atoms. The lowest BCUT2D eigenvalue weighted by Crippen LogP contribution is -2.23. The molecule has 8 heteroatoms. The molecule has 0 unspecified atom stereocenters. The van der Waals surface area contributed by atoms with Crippen LogP contribution in [0.4, 0.5) is 11.4 Å². The molecule has 0 fully saturated rings. The van der Waals surface area contributed by atoms with Gasteiger partial charge in [0.05, 0.1) is 16.8 Å². The van der Waals surface area contributed by atoms with Crippen LogP contribution in [0.3, 0.4) is 0 Å². The van der Waals surface area contributed by atoms with E-state index in [-0.39, 0.29) is 18.1 Å². The van der Waals surface area contributed by atoms with Crippen molar-refractivity contribution in [1.82, 2.24) is 15.1 Å². The van der Waals surface area contributed by atoms with Gasteiger partial charge in [0.25, 0.3) is 5.69 Å². The molecular weight excluding hydrogens is 274 g/mol. The Hall–Kier alpha value is -2.90. The van der Waals surface area contributed by atoms with E-state index in [9.17, 15) is 14.9 Å². The number of anilines is 1. The maximum absolute atomic E-state index is 11.2. The van der Waals surface area contributed by atoms with Gasteiger partial charge in [-0.3, -0.25) is 19.6 Å². The lowest BCUT2D eigenvalue weighted by molar-refractivity contribution is -0.384. The Kier molecular flexibility index (Phi) is 4.50. The summed E-state index contributed by atoms with van der Waals surface area (Å²) in [6.45, 7) is 0.680. The molecule has 0 radical (unpaired) electrons. The van der Waals surface area contributed by atoms with Crippen molar-refractivity contribution in [2.24, 2.45) is 0 Å². The highest BCUT2D eigenvalue weighted by Gasteiger charge is 2.05. The number of carbonyl (C=O) groups is 1. The summed E-state index contributed by atoms with van der Waals surface area (Å²) in [6, 6.07) is 6.32. The topological polar surface area (TPSA) is 102 Å². The van der Waals surface area contributed by atoms with Crippen LogP contribution in [-0.4, -0.2) is 27.7 Å². The number of rotatable bonds is 6. The molecule has 0 aliphatic carbocycles. The van der Waals surface area contributed by atoms with E-state index in [2.05, 4.69) is 15.7 Å². The van der Waals surface area contributed by atoms with Gasteiger partial charge in [0, 0.05) is 31.9 Å². The van der Waals surface area contributed by atoms with Crippen molar-refractivity contribution in [2.75, 3.05) is 12.4 Å². The number of hydrogen-bond acceptors (Lipinski definition) is 5. The van der Waals surface area contributed by atoms with E-state index in [1.165, 1.54) is 16.8 Å². The van der Waals surface area contributed by atoms with Gasteiger partial charge >= 0.3 is 0 Å². The molecule has 0 atom stereocenters. The van der Waals surface area contributed by atoms with Crippen molar-refractivity contribution < 1.29 is 9.72 Å². The zero-order valence-corrected chi connectivity index (χ0v) is 11.4. The minimum Gasteiger partial charge on any atom is -0.378 e. The number of amides is 1. The van der Waals surface area contributed by atoms with Gasteiger partial charge in [-0.1, -0.05) is 12.1 Å². The number of nitro groups is 1. The lowest BCUT2D eigenvalue weighted by atomic mass is 10.2. The summed E-state index contributed by atoms with van der Waals surface area (Å²) in [5.74, 6) is -0.125. The standard InChI is InChI=1S/C13H15N5O3/c1-14-13(19)9-17-8-11(7-16-17)15-6-10-2-4-12(5-3-10)18(20)21/h2-5,7-8,15H,6,9H2,1H3,(H,14,19). The summed E-state index contributed by atoms with van der Waals surface area (Å²) in [4.78, 5) is 21.3. The Morgan fingerprint density at radius 3 is 2.71 bits per heavy atom. The van der Waals surface area contributed by atoms with E-state index < -0.39 is 4.92 Å². The number of non-ortho nitro benzene ring substituents is 1. The fraction of sp³-hybridized carbons (Fsp3) is 0.231. The minimum atomic E-state index is -0.431. The number of hydrogen-bond donors (Lipinski definition) is 2. The molecule has 0 aliphatic rings. The summed E-state index contributed by atoms with van der Waals surface area (Å²) in [6.07, 6.45) is 3.34. The van der Waals surface area contributed by atoms with Gasteiger partial charge < -0.3 is 10.6 Å². The van der Waals surface area contributed by atoms with Gasteiger partial charge in [0.1, 0.15) is 6.54 Å². The Bertz CT molecular complexity index is 636. The monoisotopic (exact) mass is 289 g/mol. The molecular formula is C13H15N5O3. The summed E-state index contributed by atoms with van der Waals surface area (Å²) in [5, 5.41) is 20.3. The molecule has 0 spiro atoms. The third-order valence-corrected chi connectivity index (χ3v) is 2.86. The zero-order chi connectivity index (χ0) is 15.2. The first-order chi connectivity index (χ1) is 10.1. The quantitative estimate of drug-likeness (QED) is 0.613. The summed E-state index contributed by atoms with van der Waals surface area (Å²) in [7, 11) is 1.57. The number of nitrogens with one attached hydrogen (secondary N) is 2. The van der Waals surface area contributed by atoms with Gasteiger partial charge in [-0.05, 0) is 5.56 Å². The first-order valence-corrected chi connectivity index (χ1v) is 6.28. The SMILES string of the molecule is CNC(=O)Cn1cc(NCc2ccc([N+](=O)[O-])cc2)cn1. The first-order valence-electron chi connectivity index (χ1n) is 6.28. The van der Waals surface area contributed by atoms with Crippen LogP contribution in [0.25, 0.3) is 0 Å². The zero-order valence-electron chi connectivity index (χ0n) is 11.4. The normalized spacial score (nSPS) is 10.1. The summed E-state index contributed by atoms with van der Waals surface area (Å²) < 4.78 is 1.52. The second-order valence-corrected chi connectivity index (χ2v) is 4.38. The third kappa shape index (κ3) is 4.03. The Morgan fingerprint density at radius 1 is 1.38 bits per heavy atom. The third-order valence-electron chi connectivity index (χ3n) is 2.86. The van der Waals surface area contributed by atoms with Crippen LogP contribution >= 0.6 is 0 Å². The highest BCUT2D eigenvalue weighted by Crippen LogP contribution is 2.13. The van der Waals surface area contributed by atoms with E-state index in [4.69, 9.17) is 0 Å². The summed E-state index contributed by atoms with van der Waals surface area (Å²) >= 11 is 0. The number of aromatic nitrogens is 2. The van der Waals surface area contributed by atoms with Crippen molar-refractivity contribution in [1.29, 1.82) is 0 Å². The molecule has 2 aromatic rings. The molecule has 8 nitrogen and oxygen atoms in total. The molecule has 0 saturated heterocycles. The van der Waals surface area contributed by atoms with Crippen LogP contribution in [0.1, 0.15) is 5.56 Å². The lowest BCUT2D eigenvalue weighted by Gasteiger charge is -2.03. The Labute approximate surface area is 120 Å². The fourth-order valence-corrected chi connectivity index (χ4v) is 1.71. The number of carbonyl (C=O) groups excluding carboxylic acids is 1. The highest BCUT2D eigenvalue weighted by molar-refractivity contribution is 5.75. The van der Waals surface area contributed by atoms with E-state index in [0.29, 0.717) is 6.54 Å². The molecule has 110 valence electrons. The summed E-state index contributed by atoms with van der Waals surface area (Å²) in [5.41, 5.74) is 1.76. The number of nitro benzene ring substituents is 1. The largest absolute Gasteiger partial charge is 0.378 e. The minimum absolute atomic E-state index is 0.0668. The highest BCUT2D eigenvalue weighted by atomic mass is 16.6. The smallest absolute Gasteiger partial charge is 0.269 e. The van der Waals surface area contributed by atoms with Crippen LogP contribution in [0.5, 0.6) is 0 Å². The number of benzene rings is 1. The molecule has 1 amide bonds. The second-order valence-electron chi connectivity index (χ2n) is 4.38. The molecule has 0 aliphatic heterocycles. The molecule has 1 aromatic heterocycles. The molecule has 1 heterocycles. The maximum atomic E-state index is 11.2. The van der Waals surface area contributed by atoms with E-state index in [1.54, 1.807) is 31.6 Å². The van der Waals surface area contributed by atoms with Crippen LogP contribution < -0.4 is 10.6 Å². The molecule has 2 N–H and O–H groups in total. The van der Waals surface area contributed by atoms with Gasteiger partial charge in [0.15, 0.2) is 0 Å². The molecule has 1 aromatic carbocycles. The van der Waals surface area contributed by atoms with Crippen LogP contribution in [0.15, 0.2) is 36.7 Å². The van der Waals surface area contributed by atoms with Gasteiger partial charge in [0.2, 0.25) is 5.91 Å². The van der Waals surface area contributed by atoms with Crippen molar-refractivity contribution >= 4 is 17.3 Å². The van der Waals surface area contributed by atoms with Crippen LogP contribution in [-0.2, 0) is 17.9 Å². The van der Waals surface area contributed by atoms with Crippen LogP contribution in [0, 0.1) is 10.1 Å². The average molecular weight is 289 g/mol. The Balaban J connectivity index is 1.90. The van der Waals surface area contributed by atoms with Gasteiger partial charge in [-0.15, -0.1) is 0 Å². The predicted molar refractivity (Wildman–Crippen MR) is 76.7 cm³/mol. The van der Waals surface area contributed by atoms with E-state index in [0.717, 1.165) is 11.3 Å². The fourth-order valence-electron chi connectivity index (χ4n) is 1.71. The Morgan fingerprint density at radius 2 is 2.10 bits per heavy atom. The molecule has 0 saturated carbocycles. The van der Waals surface area contributed by atoms with Crippen LogP contribution in [0.2, 0.25) is 0 Å². The predicted octanol–water partition coefficient (Wildman–Crippen LogP) is 1.15. The molecule has 2 rings (SSSR count). The van der Waals surface area contributed by atoms with Gasteiger partial charge in [-0.2, -0.15) is 5.10 Å². The van der Waals surface area contributed by atoms with E-state index >= 15 is 0 Å². The number of likely N-dealkylation sites (N-methyl/N-ethyl adjacent to an activating group) is 1. The van der Waals surface area contributed by atoms with Crippen molar-refractivity contribution in [2.45, 2.75) is 13.1 Å². The number of nitrogens with zero attached hydrogens (tertiary/aromatic N) is 3. The average Bonchev–Trinajstić information content (AvgIpc) is 2.93. The van der Waals surface area contributed by atoms with Crippen molar-refractivity contribution in [3.8, 4) is 0 Å². The molecule has 21 heavy (non-hydrogen) atoms. The first kappa shape index (κ1) is 14.5. The van der Waals surface area contributed by atoms with Gasteiger partial charge in [-0.25, -0.2) is 0 Å². The second kappa shape index (κ2) is 6.51. The maximum Gasteiger partial charge on any atom is 0.269 e. The van der Waals surface area contributed by atoms with Crippen molar-refractivity contribution in [3.63, 3.8) is 0 Å². The van der Waals surface area contributed by atoms with E-state index in [1.807, 2.05) is 0 Å².